The van der Waals surface area contributed by atoms with Crippen LogP contribution in [0.1, 0.15) is 5.56 Å². The van der Waals surface area contributed by atoms with Crippen LogP contribution < -0.4 is 5.32 Å². The highest BCUT2D eigenvalue weighted by Crippen LogP contribution is 2.30. The van der Waals surface area contributed by atoms with Crippen LogP contribution in [-0.4, -0.2) is 11.7 Å². The number of thioether (sulfide) groups is 1. The molecule has 22 heavy (non-hydrogen) atoms. The number of nitrogens with one attached hydrogen (secondary N) is 1. The largest absolute Gasteiger partial charge is 0.416 e. The number of alkyl halides is 3. The maximum Gasteiger partial charge on any atom is 0.416 e. The van der Waals surface area contributed by atoms with E-state index in [0.717, 1.165) is 23.9 Å². The maximum atomic E-state index is 13.4. The first-order valence-corrected chi connectivity index (χ1v) is 7.19. The molecule has 0 atom stereocenters. The molecule has 0 aliphatic rings. The third-order valence-electron chi connectivity index (χ3n) is 2.67. The Kier molecular flexibility index (Phi) is 5.07. The van der Waals surface area contributed by atoms with E-state index >= 15 is 0 Å². The summed E-state index contributed by atoms with van der Waals surface area (Å²) in [5.41, 5.74) is -0.791. The average Bonchev–Trinajstić information content (AvgIpc) is 2.46. The minimum atomic E-state index is -4.47. The fourth-order valence-electron chi connectivity index (χ4n) is 1.68. The molecule has 2 rings (SSSR count). The van der Waals surface area contributed by atoms with Crippen molar-refractivity contribution in [3.63, 3.8) is 0 Å². The first-order valence-electron chi connectivity index (χ1n) is 6.21. The zero-order chi connectivity index (χ0) is 16.2. The van der Waals surface area contributed by atoms with E-state index in [1.165, 1.54) is 30.3 Å². The Balaban J connectivity index is 1.97. The summed E-state index contributed by atoms with van der Waals surface area (Å²) in [4.78, 5) is 12.0. The van der Waals surface area contributed by atoms with Crippen molar-refractivity contribution < 1.29 is 22.4 Å². The molecule has 0 bridgehead atoms. The van der Waals surface area contributed by atoms with E-state index in [-0.39, 0.29) is 11.4 Å². The smallest absolute Gasteiger partial charge is 0.325 e. The standard InChI is InChI=1S/C15H11F4NOS/c16-12-6-1-2-7-13(12)22-9-14(21)20-11-5-3-4-10(8-11)15(17,18)19/h1-8H,9H2,(H,20,21). The number of amides is 1. The van der Waals surface area contributed by atoms with Gasteiger partial charge in [0.15, 0.2) is 0 Å². The van der Waals surface area contributed by atoms with E-state index in [1.54, 1.807) is 6.07 Å². The number of carbonyl (C=O) groups excluding carboxylic acids is 1. The Bertz CT molecular complexity index is 673. The monoisotopic (exact) mass is 329 g/mol. The first-order chi connectivity index (χ1) is 10.4. The van der Waals surface area contributed by atoms with Gasteiger partial charge in [-0.2, -0.15) is 13.2 Å². The van der Waals surface area contributed by atoms with Crippen molar-refractivity contribution in [2.24, 2.45) is 0 Å². The van der Waals surface area contributed by atoms with Crippen molar-refractivity contribution in [2.45, 2.75) is 11.1 Å². The van der Waals surface area contributed by atoms with Gasteiger partial charge in [0.05, 0.1) is 11.3 Å². The van der Waals surface area contributed by atoms with Gasteiger partial charge in [-0.25, -0.2) is 4.39 Å². The average molecular weight is 329 g/mol. The molecular weight excluding hydrogens is 318 g/mol. The lowest BCUT2D eigenvalue weighted by molar-refractivity contribution is -0.137. The van der Waals surface area contributed by atoms with Gasteiger partial charge in [-0.05, 0) is 30.3 Å². The Labute approximate surface area is 128 Å². The highest BCUT2D eigenvalue weighted by atomic mass is 32.2. The second-order valence-corrected chi connectivity index (χ2v) is 5.36. The third kappa shape index (κ3) is 4.49. The summed E-state index contributed by atoms with van der Waals surface area (Å²) >= 11 is 0.975. The first kappa shape index (κ1) is 16.4. The summed E-state index contributed by atoms with van der Waals surface area (Å²) in [6.45, 7) is 0. The van der Waals surface area contributed by atoms with E-state index in [9.17, 15) is 22.4 Å². The zero-order valence-corrected chi connectivity index (χ0v) is 12.0. The summed E-state index contributed by atoms with van der Waals surface area (Å²) in [5, 5.41) is 2.36. The predicted molar refractivity (Wildman–Crippen MR) is 77.2 cm³/mol. The van der Waals surface area contributed by atoms with Crippen molar-refractivity contribution >= 4 is 23.4 Å². The second kappa shape index (κ2) is 6.83. The van der Waals surface area contributed by atoms with Crippen molar-refractivity contribution in [3.05, 3.63) is 59.9 Å². The van der Waals surface area contributed by atoms with Gasteiger partial charge in [0, 0.05) is 10.6 Å². The molecule has 0 spiro atoms. The maximum absolute atomic E-state index is 13.4. The molecule has 116 valence electrons. The van der Waals surface area contributed by atoms with Crippen molar-refractivity contribution in [1.29, 1.82) is 0 Å². The fraction of sp³-hybridized carbons (Fsp3) is 0.133. The van der Waals surface area contributed by atoms with Crippen molar-refractivity contribution in [1.82, 2.24) is 0 Å². The summed E-state index contributed by atoms with van der Waals surface area (Å²) < 4.78 is 51.1. The molecule has 0 saturated heterocycles. The lowest BCUT2D eigenvalue weighted by Crippen LogP contribution is -2.15. The van der Waals surface area contributed by atoms with E-state index in [4.69, 9.17) is 0 Å². The summed E-state index contributed by atoms with van der Waals surface area (Å²) in [6, 6.07) is 10.3. The second-order valence-electron chi connectivity index (χ2n) is 4.35. The molecule has 0 fully saturated rings. The van der Waals surface area contributed by atoms with E-state index in [2.05, 4.69) is 5.32 Å². The van der Waals surface area contributed by atoms with Crippen molar-refractivity contribution in [3.8, 4) is 0 Å². The molecule has 1 N–H and O–H groups in total. The van der Waals surface area contributed by atoms with Gasteiger partial charge in [-0.3, -0.25) is 4.79 Å². The van der Waals surface area contributed by atoms with Crippen LogP contribution in [0.15, 0.2) is 53.4 Å². The van der Waals surface area contributed by atoms with Crippen LogP contribution >= 0.6 is 11.8 Å². The molecule has 0 aliphatic heterocycles. The number of carbonyl (C=O) groups is 1. The number of hydrogen-bond acceptors (Lipinski definition) is 2. The van der Waals surface area contributed by atoms with Crippen LogP contribution in [0.2, 0.25) is 0 Å². The zero-order valence-electron chi connectivity index (χ0n) is 11.2. The Morgan fingerprint density at radius 3 is 2.50 bits per heavy atom. The summed E-state index contributed by atoms with van der Waals surface area (Å²) in [7, 11) is 0. The summed E-state index contributed by atoms with van der Waals surface area (Å²) in [5.74, 6) is -1.05. The van der Waals surface area contributed by atoms with Gasteiger partial charge in [-0.15, -0.1) is 11.8 Å². The molecule has 2 aromatic carbocycles. The highest BCUT2D eigenvalue weighted by Gasteiger charge is 2.30. The van der Waals surface area contributed by atoms with Crippen LogP contribution in [-0.2, 0) is 11.0 Å². The molecule has 7 heteroatoms. The molecule has 0 radical (unpaired) electrons. The molecule has 0 aromatic heterocycles. The minimum Gasteiger partial charge on any atom is -0.325 e. The highest BCUT2D eigenvalue weighted by molar-refractivity contribution is 8.00. The van der Waals surface area contributed by atoms with Crippen LogP contribution in [0, 0.1) is 5.82 Å². The van der Waals surface area contributed by atoms with Gasteiger partial charge in [0.2, 0.25) is 5.91 Å². The van der Waals surface area contributed by atoms with Gasteiger partial charge in [0.25, 0.3) is 0 Å². The molecule has 0 heterocycles. The van der Waals surface area contributed by atoms with E-state index < -0.39 is 23.5 Å². The van der Waals surface area contributed by atoms with E-state index in [1.807, 2.05) is 0 Å². The number of hydrogen-bond donors (Lipinski definition) is 1. The topological polar surface area (TPSA) is 29.1 Å². The predicted octanol–water partition coefficient (Wildman–Crippen LogP) is 4.58. The van der Waals surface area contributed by atoms with Crippen LogP contribution in [0.3, 0.4) is 0 Å². The van der Waals surface area contributed by atoms with Crippen molar-refractivity contribution in [2.75, 3.05) is 11.1 Å². The number of halogens is 4. The molecular formula is C15H11F4NOS. The number of benzene rings is 2. The van der Waals surface area contributed by atoms with Crippen LogP contribution in [0.4, 0.5) is 23.2 Å². The van der Waals surface area contributed by atoms with Gasteiger partial charge in [0.1, 0.15) is 5.82 Å². The molecule has 0 unspecified atom stereocenters. The van der Waals surface area contributed by atoms with Crippen LogP contribution in [0.25, 0.3) is 0 Å². The number of anilines is 1. The van der Waals surface area contributed by atoms with Gasteiger partial charge in [-0.1, -0.05) is 18.2 Å². The quantitative estimate of drug-likeness (QED) is 0.657. The Morgan fingerprint density at radius 2 is 1.82 bits per heavy atom. The van der Waals surface area contributed by atoms with Gasteiger partial charge >= 0.3 is 6.18 Å². The lowest BCUT2D eigenvalue weighted by Gasteiger charge is -2.10. The normalized spacial score (nSPS) is 11.3. The third-order valence-corrected chi connectivity index (χ3v) is 3.72. The summed E-state index contributed by atoms with van der Waals surface area (Å²) in [6.07, 6.45) is -4.47. The molecule has 2 aromatic rings. The molecule has 1 amide bonds. The molecule has 0 aliphatic carbocycles. The Morgan fingerprint density at radius 1 is 1.09 bits per heavy atom. The lowest BCUT2D eigenvalue weighted by atomic mass is 10.2. The SMILES string of the molecule is O=C(CSc1ccccc1F)Nc1cccc(C(F)(F)F)c1. The minimum absolute atomic E-state index is 0.0500. The fourth-order valence-corrected chi connectivity index (χ4v) is 2.41. The molecule has 0 saturated carbocycles. The number of rotatable bonds is 4. The van der Waals surface area contributed by atoms with E-state index in [0.29, 0.717) is 4.90 Å². The van der Waals surface area contributed by atoms with Crippen LogP contribution in [0.5, 0.6) is 0 Å². The molecule has 2 nitrogen and oxygen atoms in total. The van der Waals surface area contributed by atoms with Gasteiger partial charge < -0.3 is 5.32 Å². The Hall–Kier alpha value is -2.02.